The van der Waals surface area contributed by atoms with Crippen LogP contribution in [-0.4, -0.2) is 0 Å². The molecule has 0 aliphatic carbocycles. The molecule has 0 saturated carbocycles. The molecule has 3 aromatic rings. The topological polar surface area (TPSA) is 75.7 Å². The fourth-order valence-electron chi connectivity index (χ4n) is 4.82. The fourth-order valence-corrected chi connectivity index (χ4v) is 4.82. The SMILES string of the molecule is [C-]#[N+]c1c(C#N)c(-c2c(C)cc(C)cc2C)c(C#N)c(C#N)c1-c1c(C)cc(C)cc1C. The first kappa shape index (κ1) is 22.3. The van der Waals surface area contributed by atoms with E-state index in [2.05, 4.69) is 23.1 Å². The van der Waals surface area contributed by atoms with Gasteiger partial charge in [-0.3, -0.25) is 0 Å². The van der Waals surface area contributed by atoms with E-state index in [0.717, 1.165) is 44.5 Å². The zero-order valence-electron chi connectivity index (χ0n) is 19.1. The van der Waals surface area contributed by atoms with Crippen LogP contribution >= 0.6 is 0 Å². The number of rotatable bonds is 2. The molecule has 0 radical (unpaired) electrons. The van der Waals surface area contributed by atoms with Crippen molar-refractivity contribution < 1.29 is 0 Å². The Labute approximate surface area is 189 Å². The Morgan fingerprint density at radius 1 is 0.562 bits per heavy atom. The van der Waals surface area contributed by atoms with Crippen LogP contribution in [0.2, 0.25) is 0 Å². The van der Waals surface area contributed by atoms with Gasteiger partial charge in [-0.15, -0.1) is 0 Å². The van der Waals surface area contributed by atoms with Crippen LogP contribution in [0.15, 0.2) is 24.3 Å². The number of nitriles is 3. The lowest BCUT2D eigenvalue weighted by Crippen LogP contribution is -2.03. The van der Waals surface area contributed by atoms with Gasteiger partial charge in [-0.1, -0.05) is 35.4 Å². The van der Waals surface area contributed by atoms with Crippen molar-refractivity contribution in [1.82, 2.24) is 0 Å². The van der Waals surface area contributed by atoms with Crippen molar-refractivity contribution in [3.05, 3.63) is 85.8 Å². The summed E-state index contributed by atoms with van der Waals surface area (Å²) in [6, 6.07) is 14.5. The maximum atomic E-state index is 10.2. The third-order valence-electron chi connectivity index (χ3n) is 5.77. The van der Waals surface area contributed by atoms with Gasteiger partial charge in [-0.2, -0.15) is 15.8 Å². The van der Waals surface area contributed by atoms with Crippen molar-refractivity contribution in [3.8, 4) is 40.5 Å². The van der Waals surface area contributed by atoms with Crippen LogP contribution < -0.4 is 0 Å². The van der Waals surface area contributed by atoms with E-state index >= 15 is 0 Å². The van der Waals surface area contributed by atoms with E-state index in [-0.39, 0.29) is 22.4 Å². The van der Waals surface area contributed by atoms with Crippen LogP contribution in [0.3, 0.4) is 0 Å². The highest BCUT2D eigenvalue weighted by Crippen LogP contribution is 2.47. The van der Waals surface area contributed by atoms with Crippen molar-refractivity contribution >= 4 is 5.69 Å². The molecule has 0 bridgehead atoms. The Hall–Kier alpha value is -4.38. The van der Waals surface area contributed by atoms with E-state index in [1.54, 1.807) is 0 Å². The summed E-state index contributed by atoms with van der Waals surface area (Å²) in [7, 11) is 0. The molecule has 0 aliphatic heterocycles. The van der Waals surface area contributed by atoms with E-state index in [0.29, 0.717) is 11.1 Å². The number of aryl methyl sites for hydroxylation is 6. The van der Waals surface area contributed by atoms with Crippen molar-refractivity contribution in [2.75, 3.05) is 0 Å². The molecule has 0 unspecified atom stereocenters. The molecule has 4 nitrogen and oxygen atoms in total. The molecule has 0 saturated heterocycles. The largest absolute Gasteiger partial charge is 0.236 e. The molecular formula is C28H22N4. The first-order valence-corrected chi connectivity index (χ1v) is 10.2. The van der Waals surface area contributed by atoms with Gasteiger partial charge in [-0.25, -0.2) is 4.85 Å². The lowest BCUT2D eigenvalue weighted by molar-refractivity contribution is 1.29. The highest BCUT2D eigenvalue weighted by Gasteiger charge is 2.29. The van der Waals surface area contributed by atoms with Crippen LogP contribution in [0.1, 0.15) is 50.1 Å². The van der Waals surface area contributed by atoms with Gasteiger partial charge in [0, 0.05) is 11.1 Å². The number of nitrogens with zero attached hydrogens (tertiary/aromatic N) is 4. The van der Waals surface area contributed by atoms with Gasteiger partial charge in [0.05, 0.1) is 35.4 Å². The lowest BCUT2D eigenvalue weighted by Gasteiger charge is -2.21. The molecule has 0 aliphatic rings. The molecule has 0 aromatic heterocycles. The monoisotopic (exact) mass is 414 g/mol. The smallest absolute Gasteiger partial charge is 0.214 e. The lowest BCUT2D eigenvalue weighted by atomic mass is 9.80. The Kier molecular flexibility index (Phi) is 5.85. The summed E-state index contributed by atoms with van der Waals surface area (Å²) >= 11 is 0. The normalized spacial score (nSPS) is 10.1. The second-order valence-corrected chi connectivity index (χ2v) is 8.22. The zero-order chi connectivity index (χ0) is 23.7. The standard InChI is InChI=1S/C28H22N4/c1-15-8-17(3)24(18(4)9-15)26-21(12-29)22(13-30)27(28(32-7)23(26)14-31)25-19(5)10-16(2)11-20(25)6/h8-11H,1-6H3. The molecule has 154 valence electrons. The molecule has 0 atom stereocenters. The average molecular weight is 415 g/mol. The maximum Gasteiger partial charge on any atom is 0.214 e. The quantitative estimate of drug-likeness (QED) is 0.422. The molecule has 0 heterocycles. The second-order valence-electron chi connectivity index (χ2n) is 8.22. The highest BCUT2D eigenvalue weighted by molar-refractivity contribution is 5.99. The Morgan fingerprint density at radius 2 is 0.906 bits per heavy atom. The number of benzene rings is 3. The van der Waals surface area contributed by atoms with Gasteiger partial charge in [0.25, 0.3) is 0 Å². The average Bonchev–Trinajstić information content (AvgIpc) is 2.71. The van der Waals surface area contributed by atoms with Crippen LogP contribution in [-0.2, 0) is 0 Å². The highest BCUT2D eigenvalue weighted by atomic mass is 14.7. The summed E-state index contributed by atoms with van der Waals surface area (Å²) in [6.07, 6.45) is 0. The Bertz CT molecular complexity index is 1250. The first-order chi connectivity index (χ1) is 15.2. The summed E-state index contributed by atoms with van der Waals surface area (Å²) in [4.78, 5) is 3.74. The number of hydrogen-bond donors (Lipinski definition) is 0. The van der Waals surface area contributed by atoms with Crippen LogP contribution in [0.25, 0.3) is 27.1 Å². The molecular weight excluding hydrogens is 392 g/mol. The Morgan fingerprint density at radius 3 is 1.25 bits per heavy atom. The van der Waals surface area contributed by atoms with E-state index in [1.165, 1.54) is 0 Å². The van der Waals surface area contributed by atoms with Gasteiger partial charge in [0.1, 0.15) is 6.07 Å². The third-order valence-corrected chi connectivity index (χ3v) is 5.77. The van der Waals surface area contributed by atoms with Crippen LogP contribution in [0, 0.1) is 82.1 Å². The van der Waals surface area contributed by atoms with E-state index < -0.39 is 0 Å². The van der Waals surface area contributed by atoms with Gasteiger partial charge >= 0.3 is 0 Å². The second kappa shape index (κ2) is 8.40. The fraction of sp³-hybridized carbons (Fsp3) is 0.214. The third kappa shape index (κ3) is 3.40. The predicted molar refractivity (Wildman–Crippen MR) is 126 cm³/mol. The molecule has 0 spiro atoms. The van der Waals surface area contributed by atoms with E-state index in [9.17, 15) is 15.8 Å². The molecule has 0 fully saturated rings. The molecule has 0 N–H and O–H groups in total. The summed E-state index contributed by atoms with van der Waals surface area (Å²) in [5, 5.41) is 30.5. The Balaban J connectivity index is 2.67. The minimum absolute atomic E-state index is 0.118. The molecule has 4 heteroatoms. The molecule has 0 amide bonds. The predicted octanol–water partition coefficient (Wildman–Crippen LogP) is 7.04. The van der Waals surface area contributed by atoms with Crippen molar-refractivity contribution in [2.45, 2.75) is 41.5 Å². The summed E-state index contributed by atoms with van der Waals surface area (Å²) < 4.78 is 0. The summed E-state index contributed by atoms with van der Waals surface area (Å²) in [6.45, 7) is 19.6. The minimum atomic E-state index is 0.118. The molecule has 32 heavy (non-hydrogen) atoms. The summed E-state index contributed by atoms with van der Waals surface area (Å²) in [5.41, 5.74) is 8.45. The molecule has 3 aromatic carbocycles. The van der Waals surface area contributed by atoms with Crippen molar-refractivity contribution in [1.29, 1.82) is 15.8 Å². The van der Waals surface area contributed by atoms with Crippen LogP contribution in [0.4, 0.5) is 5.69 Å². The zero-order valence-corrected chi connectivity index (χ0v) is 19.1. The van der Waals surface area contributed by atoms with Gasteiger partial charge < -0.3 is 0 Å². The summed E-state index contributed by atoms with van der Waals surface area (Å²) in [5.74, 6) is 0. The van der Waals surface area contributed by atoms with Gasteiger partial charge in [0.15, 0.2) is 0 Å². The molecule has 3 rings (SSSR count). The van der Waals surface area contributed by atoms with Gasteiger partial charge in [0.2, 0.25) is 5.69 Å². The van der Waals surface area contributed by atoms with Crippen molar-refractivity contribution in [2.24, 2.45) is 0 Å². The van der Waals surface area contributed by atoms with Crippen LogP contribution in [0.5, 0.6) is 0 Å². The first-order valence-electron chi connectivity index (χ1n) is 10.2. The van der Waals surface area contributed by atoms with E-state index in [1.807, 2.05) is 65.8 Å². The van der Waals surface area contributed by atoms with Crippen molar-refractivity contribution in [3.63, 3.8) is 0 Å². The minimum Gasteiger partial charge on any atom is -0.236 e. The van der Waals surface area contributed by atoms with Gasteiger partial charge in [-0.05, 0) is 74.9 Å². The van der Waals surface area contributed by atoms with E-state index in [4.69, 9.17) is 6.57 Å². The number of hydrogen-bond acceptors (Lipinski definition) is 3. The maximum absolute atomic E-state index is 10.2.